The average Bonchev–Trinajstić information content (AvgIpc) is 3.42. The molecule has 0 unspecified atom stereocenters. The molecule has 0 saturated carbocycles. The number of amides is 3. The summed E-state index contributed by atoms with van der Waals surface area (Å²) in [5.41, 5.74) is 3.43. The molecule has 30 heavy (non-hydrogen) atoms. The lowest BCUT2D eigenvalue weighted by atomic mass is 10.1. The van der Waals surface area contributed by atoms with Gasteiger partial charge in [-0.05, 0) is 30.7 Å². The maximum absolute atomic E-state index is 12.9. The number of aromatic nitrogens is 2. The second-order valence-electron chi connectivity index (χ2n) is 7.38. The van der Waals surface area contributed by atoms with Gasteiger partial charge < -0.3 is 14.7 Å². The molecule has 0 aliphatic carbocycles. The van der Waals surface area contributed by atoms with Crippen LogP contribution in [0.15, 0.2) is 65.2 Å². The Hall–Kier alpha value is -3.87. The fourth-order valence-corrected chi connectivity index (χ4v) is 3.81. The number of carbonyl (C=O) groups is 2. The van der Waals surface area contributed by atoms with Crippen LogP contribution in [0.5, 0.6) is 0 Å². The van der Waals surface area contributed by atoms with Crippen molar-refractivity contribution >= 4 is 22.8 Å². The van der Waals surface area contributed by atoms with Crippen molar-refractivity contribution in [3.05, 3.63) is 77.8 Å². The summed E-state index contributed by atoms with van der Waals surface area (Å²) in [5.74, 6) is 0.814. The predicted octanol–water partition coefficient (Wildman–Crippen LogP) is 3.79. The van der Waals surface area contributed by atoms with Crippen molar-refractivity contribution in [2.24, 2.45) is 0 Å². The Balaban J connectivity index is 1.34. The molecule has 0 radical (unpaired) electrons. The molecule has 1 saturated heterocycles. The third kappa shape index (κ3) is 3.14. The van der Waals surface area contributed by atoms with Gasteiger partial charge in [0.1, 0.15) is 17.5 Å². The second kappa shape index (κ2) is 7.18. The number of rotatable bonds is 5. The van der Waals surface area contributed by atoms with E-state index >= 15 is 0 Å². The minimum absolute atomic E-state index is 0.0806. The first-order valence-electron chi connectivity index (χ1n) is 9.79. The van der Waals surface area contributed by atoms with Crippen LogP contribution < -0.4 is 5.32 Å². The summed E-state index contributed by atoms with van der Waals surface area (Å²) in [4.78, 5) is 34.4. The number of imide groups is 1. The monoisotopic (exact) mass is 400 g/mol. The summed E-state index contributed by atoms with van der Waals surface area (Å²) in [6, 6.07) is 16.4. The van der Waals surface area contributed by atoms with E-state index in [1.807, 2.05) is 60.8 Å². The van der Waals surface area contributed by atoms with Gasteiger partial charge in [0.2, 0.25) is 5.89 Å². The number of nitrogens with zero attached hydrogens (tertiary/aromatic N) is 2. The Kier molecular flexibility index (Phi) is 4.35. The van der Waals surface area contributed by atoms with Crippen LogP contribution in [0.1, 0.15) is 17.0 Å². The highest BCUT2D eigenvalue weighted by Gasteiger charge is 2.39. The molecule has 3 heterocycles. The molecule has 0 spiro atoms. The Bertz CT molecular complexity index is 1240. The van der Waals surface area contributed by atoms with Gasteiger partial charge in [-0.1, -0.05) is 36.4 Å². The van der Waals surface area contributed by atoms with Crippen LogP contribution in [0, 0.1) is 6.92 Å². The average molecular weight is 400 g/mol. The molecule has 1 aliphatic heterocycles. The van der Waals surface area contributed by atoms with Gasteiger partial charge in [0.25, 0.3) is 5.91 Å². The number of para-hydroxylation sites is 1. The van der Waals surface area contributed by atoms with Crippen molar-refractivity contribution in [1.29, 1.82) is 0 Å². The third-order valence-electron chi connectivity index (χ3n) is 5.43. The van der Waals surface area contributed by atoms with Gasteiger partial charge >= 0.3 is 6.03 Å². The molecule has 1 aliphatic rings. The standard InChI is InChI=1S/C23H20N4O3/c1-14-20(25-21(30-14)15-7-3-2-4-8-15)13-27-22(28)19(26-23(27)29)11-16-12-24-18-10-6-5-9-17(16)18/h2-10,12,19,24H,11,13H2,1H3,(H,26,29)/t19-/m1/s1. The SMILES string of the molecule is Cc1oc(-c2ccccc2)nc1CN1C(=O)N[C@H](Cc2c[nH]c3ccccc23)C1=O. The van der Waals surface area contributed by atoms with Gasteiger partial charge in [0.05, 0.1) is 6.54 Å². The zero-order chi connectivity index (χ0) is 20.7. The Morgan fingerprint density at radius 3 is 2.67 bits per heavy atom. The number of hydrogen-bond donors (Lipinski definition) is 2. The van der Waals surface area contributed by atoms with Gasteiger partial charge in [-0.2, -0.15) is 0 Å². The van der Waals surface area contributed by atoms with Crippen LogP contribution in [0.2, 0.25) is 0 Å². The number of fused-ring (bicyclic) bond motifs is 1. The van der Waals surface area contributed by atoms with Crippen LogP contribution in [0.3, 0.4) is 0 Å². The van der Waals surface area contributed by atoms with E-state index in [0.29, 0.717) is 23.8 Å². The fraction of sp³-hybridized carbons (Fsp3) is 0.174. The minimum atomic E-state index is -0.600. The highest BCUT2D eigenvalue weighted by molar-refractivity contribution is 6.04. The van der Waals surface area contributed by atoms with Crippen LogP contribution in [-0.4, -0.2) is 32.8 Å². The van der Waals surface area contributed by atoms with Crippen LogP contribution in [-0.2, 0) is 17.8 Å². The molecule has 2 N–H and O–H groups in total. The molecular weight excluding hydrogens is 380 g/mol. The van der Waals surface area contributed by atoms with Crippen LogP contribution in [0.25, 0.3) is 22.4 Å². The Labute approximate surface area is 172 Å². The van der Waals surface area contributed by atoms with Crippen LogP contribution >= 0.6 is 0 Å². The summed E-state index contributed by atoms with van der Waals surface area (Å²) in [6.07, 6.45) is 2.32. The molecule has 1 fully saturated rings. The number of aromatic amines is 1. The number of carbonyl (C=O) groups excluding carboxylic acids is 2. The molecule has 2 aromatic heterocycles. The van der Waals surface area contributed by atoms with E-state index in [4.69, 9.17) is 4.42 Å². The molecule has 5 rings (SSSR count). The number of benzene rings is 2. The molecule has 3 amide bonds. The summed E-state index contributed by atoms with van der Waals surface area (Å²) < 4.78 is 5.76. The summed E-state index contributed by atoms with van der Waals surface area (Å²) in [7, 11) is 0. The lowest BCUT2D eigenvalue weighted by molar-refractivity contribution is -0.127. The first-order chi connectivity index (χ1) is 14.6. The van der Waals surface area contributed by atoms with E-state index in [1.165, 1.54) is 4.90 Å². The van der Waals surface area contributed by atoms with Crippen molar-refractivity contribution in [1.82, 2.24) is 20.2 Å². The minimum Gasteiger partial charge on any atom is -0.441 e. The number of urea groups is 1. The number of nitrogens with one attached hydrogen (secondary N) is 2. The first kappa shape index (κ1) is 18.2. The fourth-order valence-electron chi connectivity index (χ4n) is 3.81. The predicted molar refractivity (Wildman–Crippen MR) is 112 cm³/mol. The van der Waals surface area contributed by atoms with Crippen molar-refractivity contribution in [3.8, 4) is 11.5 Å². The quantitative estimate of drug-likeness (QED) is 0.499. The van der Waals surface area contributed by atoms with Crippen molar-refractivity contribution in [3.63, 3.8) is 0 Å². The number of hydrogen-bond acceptors (Lipinski definition) is 4. The van der Waals surface area contributed by atoms with Gasteiger partial charge in [-0.3, -0.25) is 9.69 Å². The highest BCUT2D eigenvalue weighted by Crippen LogP contribution is 2.25. The maximum atomic E-state index is 12.9. The van der Waals surface area contributed by atoms with Crippen molar-refractivity contribution < 1.29 is 14.0 Å². The Morgan fingerprint density at radius 2 is 1.83 bits per heavy atom. The molecule has 7 heteroatoms. The molecule has 7 nitrogen and oxygen atoms in total. The second-order valence-corrected chi connectivity index (χ2v) is 7.38. The largest absolute Gasteiger partial charge is 0.441 e. The molecule has 150 valence electrons. The lowest BCUT2D eigenvalue weighted by Gasteiger charge is -2.11. The number of H-pyrrole nitrogens is 1. The maximum Gasteiger partial charge on any atom is 0.325 e. The molecule has 0 bridgehead atoms. The zero-order valence-electron chi connectivity index (χ0n) is 16.4. The number of aryl methyl sites for hydroxylation is 1. The van der Waals surface area contributed by atoms with Gasteiger partial charge in [-0.25, -0.2) is 9.78 Å². The molecular formula is C23H20N4O3. The zero-order valence-corrected chi connectivity index (χ0v) is 16.4. The van der Waals surface area contributed by atoms with E-state index in [0.717, 1.165) is 22.0 Å². The first-order valence-corrected chi connectivity index (χ1v) is 9.79. The van der Waals surface area contributed by atoms with Crippen molar-refractivity contribution in [2.45, 2.75) is 25.9 Å². The third-order valence-corrected chi connectivity index (χ3v) is 5.43. The van der Waals surface area contributed by atoms with E-state index < -0.39 is 12.1 Å². The van der Waals surface area contributed by atoms with E-state index in [2.05, 4.69) is 15.3 Å². The molecule has 4 aromatic rings. The molecule has 2 aromatic carbocycles. The lowest BCUT2D eigenvalue weighted by Crippen LogP contribution is -2.32. The van der Waals surface area contributed by atoms with E-state index in [1.54, 1.807) is 6.92 Å². The van der Waals surface area contributed by atoms with Gasteiger partial charge in [0, 0.05) is 29.1 Å². The Morgan fingerprint density at radius 1 is 1.07 bits per heavy atom. The topological polar surface area (TPSA) is 91.2 Å². The smallest absolute Gasteiger partial charge is 0.325 e. The summed E-state index contributed by atoms with van der Waals surface area (Å²) in [5, 5.41) is 3.85. The van der Waals surface area contributed by atoms with Gasteiger partial charge in [-0.15, -0.1) is 0 Å². The van der Waals surface area contributed by atoms with Gasteiger partial charge in [0.15, 0.2) is 0 Å². The van der Waals surface area contributed by atoms with Crippen LogP contribution in [0.4, 0.5) is 4.79 Å². The van der Waals surface area contributed by atoms with E-state index in [-0.39, 0.29) is 12.5 Å². The molecule has 1 atom stereocenters. The normalized spacial score (nSPS) is 16.4. The summed E-state index contributed by atoms with van der Waals surface area (Å²) >= 11 is 0. The summed E-state index contributed by atoms with van der Waals surface area (Å²) in [6.45, 7) is 1.87. The van der Waals surface area contributed by atoms with E-state index in [9.17, 15) is 9.59 Å². The highest BCUT2D eigenvalue weighted by atomic mass is 16.4. The van der Waals surface area contributed by atoms with Crippen molar-refractivity contribution in [2.75, 3.05) is 0 Å². The number of oxazole rings is 1.